The molecule has 2 atom stereocenters. The lowest BCUT2D eigenvalue weighted by molar-refractivity contribution is 0.148. The molecule has 0 aromatic carbocycles. The molecule has 0 aliphatic rings. The molecule has 0 aromatic rings. The average molecular weight is 398 g/mol. The van der Waals surface area contributed by atoms with E-state index in [1.807, 2.05) is 27.7 Å². The molecule has 9 heteroatoms. The Morgan fingerprint density at radius 1 is 0.640 bits per heavy atom. The average Bonchev–Trinajstić information content (AvgIpc) is 2.61. The van der Waals surface area contributed by atoms with Crippen LogP contribution in [0.3, 0.4) is 0 Å². The molecule has 7 nitrogen and oxygen atoms in total. The molecular weight excluding hydrogens is 358 g/mol. The van der Waals surface area contributed by atoms with Crippen LogP contribution in [0.1, 0.15) is 40.5 Å². The van der Waals surface area contributed by atoms with Gasteiger partial charge in [-0.15, -0.1) is 0 Å². The zero-order valence-electron chi connectivity index (χ0n) is 16.9. The Morgan fingerprint density at radius 2 is 0.960 bits per heavy atom. The van der Waals surface area contributed by atoms with Crippen molar-refractivity contribution in [1.29, 1.82) is 0 Å². The van der Waals surface area contributed by atoms with Gasteiger partial charge >= 0.3 is 18.6 Å². The normalized spacial score (nSPS) is 14.4. The molecule has 0 heterocycles. The van der Waals surface area contributed by atoms with E-state index in [9.17, 15) is 0 Å². The summed E-state index contributed by atoms with van der Waals surface area (Å²) in [6.07, 6.45) is 1.69. The topological polar surface area (TPSA) is 67.4 Å². The number of methoxy groups -OCH3 is 2. The summed E-state index contributed by atoms with van der Waals surface area (Å²) in [5.41, 5.74) is 0.273. The van der Waals surface area contributed by atoms with Gasteiger partial charge in [0.1, 0.15) is 0 Å². The largest absolute Gasteiger partial charge is 0.396 e. The highest BCUT2D eigenvalue weighted by Gasteiger charge is 2.33. The van der Waals surface area contributed by atoms with E-state index in [1.165, 1.54) is 0 Å². The Labute approximate surface area is 157 Å². The van der Waals surface area contributed by atoms with Crippen LogP contribution in [-0.2, 0) is 27.2 Å². The lowest BCUT2D eigenvalue weighted by Crippen LogP contribution is -2.57. The molecule has 2 unspecified atom stereocenters. The van der Waals surface area contributed by atoms with Crippen molar-refractivity contribution < 1.29 is 27.2 Å². The minimum Gasteiger partial charge on any atom is -0.396 e. The second-order valence-electron chi connectivity index (χ2n) is 5.50. The number of hydrogen-bond acceptors (Lipinski definition) is 7. The second kappa shape index (κ2) is 17.6. The lowest BCUT2D eigenvalue weighted by atomic mass is 10.4. The van der Waals surface area contributed by atoms with Gasteiger partial charge in [-0.05, 0) is 40.5 Å². The predicted octanol–water partition coefficient (Wildman–Crippen LogP) is 1.05. The first kappa shape index (κ1) is 25.2. The van der Waals surface area contributed by atoms with Gasteiger partial charge in [-0.1, -0.05) is 0 Å². The summed E-state index contributed by atoms with van der Waals surface area (Å²) in [6.45, 7) is 12.0. The van der Waals surface area contributed by atoms with E-state index < -0.39 is 18.6 Å². The van der Waals surface area contributed by atoms with Gasteiger partial charge in [0, 0.05) is 65.2 Å². The van der Waals surface area contributed by atoms with E-state index in [4.69, 9.17) is 27.2 Å². The summed E-state index contributed by atoms with van der Waals surface area (Å²) in [7, 11) is -0.309. The highest BCUT2D eigenvalue weighted by molar-refractivity contribution is 6.48. The standard InChI is InChI=1S/C16H39NO6Si2/c1-7-20-24(21-8-2)15(11-13-18-5)17-16(12-14-19-6)25(22-9-3)23-10-4/h15-17,24-25H,7-14H2,1-6H3. The SMILES string of the molecule is CCO[SiH](OCC)C(CCOC)NC(CCOC)[SiH](OCC)OCC. The van der Waals surface area contributed by atoms with Gasteiger partial charge in [0.2, 0.25) is 0 Å². The first-order valence-electron chi connectivity index (χ1n) is 9.38. The molecule has 0 saturated heterocycles. The molecule has 0 aromatic heterocycles. The summed E-state index contributed by atoms with van der Waals surface area (Å²) >= 11 is 0. The minimum atomic E-state index is -1.87. The van der Waals surface area contributed by atoms with Crippen molar-refractivity contribution in [3.63, 3.8) is 0 Å². The summed E-state index contributed by atoms with van der Waals surface area (Å²) in [5, 5.41) is 3.73. The lowest BCUT2D eigenvalue weighted by Gasteiger charge is -2.32. The Morgan fingerprint density at radius 3 is 1.20 bits per heavy atom. The molecule has 0 fully saturated rings. The molecular formula is C16H39NO6Si2. The van der Waals surface area contributed by atoms with Crippen LogP contribution >= 0.6 is 0 Å². The number of rotatable bonds is 18. The van der Waals surface area contributed by atoms with E-state index >= 15 is 0 Å². The summed E-state index contributed by atoms with van der Waals surface area (Å²) in [6, 6.07) is 0. The fourth-order valence-electron chi connectivity index (χ4n) is 2.58. The molecule has 0 aliphatic heterocycles. The van der Waals surface area contributed by atoms with E-state index in [2.05, 4.69) is 5.32 Å². The predicted molar refractivity (Wildman–Crippen MR) is 104 cm³/mol. The van der Waals surface area contributed by atoms with Gasteiger partial charge in [-0.2, -0.15) is 0 Å². The maximum absolute atomic E-state index is 5.95. The Hall–Kier alpha value is 0.154. The van der Waals surface area contributed by atoms with Gasteiger partial charge in [0.25, 0.3) is 0 Å². The zero-order chi connectivity index (χ0) is 18.9. The van der Waals surface area contributed by atoms with Crippen molar-refractivity contribution in [2.75, 3.05) is 53.9 Å². The fraction of sp³-hybridized carbons (Fsp3) is 1.00. The van der Waals surface area contributed by atoms with Crippen LogP contribution in [0.2, 0.25) is 0 Å². The highest BCUT2D eigenvalue weighted by Crippen LogP contribution is 2.10. The third-order valence-electron chi connectivity index (χ3n) is 3.67. The molecule has 0 aliphatic carbocycles. The van der Waals surface area contributed by atoms with Crippen molar-refractivity contribution in [2.45, 2.75) is 51.9 Å². The van der Waals surface area contributed by atoms with E-state index in [0.29, 0.717) is 39.6 Å². The first-order valence-corrected chi connectivity index (χ1v) is 12.6. The third-order valence-corrected chi connectivity index (χ3v) is 8.69. The van der Waals surface area contributed by atoms with E-state index in [-0.39, 0.29) is 11.3 Å². The molecule has 0 radical (unpaired) electrons. The minimum absolute atomic E-state index is 0.137. The summed E-state index contributed by atoms with van der Waals surface area (Å²) < 4.78 is 34.4. The maximum atomic E-state index is 5.95. The van der Waals surface area contributed by atoms with E-state index in [1.54, 1.807) is 14.2 Å². The van der Waals surface area contributed by atoms with Crippen LogP contribution in [-0.4, -0.2) is 83.8 Å². The molecule has 0 spiro atoms. The third kappa shape index (κ3) is 11.5. The molecule has 0 amide bonds. The van der Waals surface area contributed by atoms with Crippen molar-refractivity contribution in [3.05, 3.63) is 0 Å². The molecule has 152 valence electrons. The number of hydrogen-bond donors (Lipinski definition) is 1. The second-order valence-corrected chi connectivity index (χ2v) is 9.92. The van der Waals surface area contributed by atoms with E-state index in [0.717, 1.165) is 12.8 Å². The molecule has 1 N–H and O–H groups in total. The van der Waals surface area contributed by atoms with Crippen LogP contribution in [0.5, 0.6) is 0 Å². The summed E-state index contributed by atoms with van der Waals surface area (Å²) in [4.78, 5) is 0. The van der Waals surface area contributed by atoms with Crippen molar-refractivity contribution in [1.82, 2.24) is 5.32 Å². The Bertz CT molecular complexity index is 253. The summed E-state index contributed by atoms with van der Waals surface area (Å²) in [5.74, 6) is 0. The van der Waals surface area contributed by atoms with Gasteiger partial charge in [0.05, 0.1) is 0 Å². The fourth-order valence-corrected chi connectivity index (χ4v) is 6.86. The molecule has 0 bridgehead atoms. The molecule has 0 saturated carbocycles. The van der Waals surface area contributed by atoms with Crippen molar-refractivity contribution in [3.8, 4) is 0 Å². The quantitative estimate of drug-likeness (QED) is 0.347. The Kier molecular flexibility index (Phi) is 17.7. The van der Waals surface area contributed by atoms with Crippen molar-refractivity contribution in [2.24, 2.45) is 0 Å². The van der Waals surface area contributed by atoms with Gasteiger partial charge in [-0.3, -0.25) is 0 Å². The molecule has 0 rings (SSSR count). The van der Waals surface area contributed by atoms with Crippen LogP contribution in [0.25, 0.3) is 0 Å². The monoisotopic (exact) mass is 397 g/mol. The number of nitrogens with one attached hydrogen (secondary N) is 1. The Balaban J connectivity index is 5.16. The van der Waals surface area contributed by atoms with Gasteiger partial charge in [-0.25, -0.2) is 0 Å². The maximum Gasteiger partial charge on any atom is 0.339 e. The number of ether oxygens (including phenoxy) is 2. The van der Waals surface area contributed by atoms with Crippen LogP contribution in [0, 0.1) is 0 Å². The van der Waals surface area contributed by atoms with Crippen LogP contribution in [0.15, 0.2) is 0 Å². The van der Waals surface area contributed by atoms with Crippen LogP contribution < -0.4 is 5.32 Å². The zero-order valence-corrected chi connectivity index (χ0v) is 19.2. The smallest absolute Gasteiger partial charge is 0.339 e. The van der Waals surface area contributed by atoms with Crippen molar-refractivity contribution >= 4 is 18.6 Å². The molecule has 25 heavy (non-hydrogen) atoms. The highest BCUT2D eigenvalue weighted by atomic mass is 28.3. The first-order chi connectivity index (χ1) is 12.2. The van der Waals surface area contributed by atoms with Gasteiger partial charge < -0.3 is 32.5 Å². The van der Waals surface area contributed by atoms with Crippen LogP contribution in [0.4, 0.5) is 0 Å². The van der Waals surface area contributed by atoms with Gasteiger partial charge in [0.15, 0.2) is 0 Å².